The van der Waals surface area contributed by atoms with E-state index in [0.29, 0.717) is 0 Å². The van der Waals surface area contributed by atoms with Gasteiger partial charge in [-0.3, -0.25) is 9.11 Å². The van der Waals surface area contributed by atoms with Gasteiger partial charge in [-0.2, -0.15) is 0 Å². The minimum atomic E-state index is -2.21. The Hall–Kier alpha value is -0.750. The monoisotopic (exact) mass is 268 g/mol. The SMILES string of the molecule is CC(O)(c1ccc(S(=O)[O-])cc1)N1CCCCC1. The van der Waals surface area contributed by atoms with Gasteiger partial charge in [0.2, 0.25) is 0 Å². The fraction of sp³-hybridized carbons (Fsp3) is 0.538. The molecule has 1 fully saturated rings. The largest absolute Gasteiger partial charge is 0.768 e. The Morgan fingerprint density at radius 1 is 1.22 bits per heavy atom. The highest BCUT2D eigenvalue weighted by molar-refractivity contribution is 7.79. The average Bonchev–Trinajstić information content (AvgIpc) is 2.40. The van der Waals surface area contributed by atoms with E-state index in [1.54, 1.807) is 19.1 Å². The standard InChI is InChI=1S/C13H19NO3S/c1-13(15,14-9-3-2-4-10-14)11-5-7-12(8-6-11)18(16)17/h5-8,15H,2-4,9-10H2,1H3,(H,16,17)/p-1. The molecule has 0 bridgehead atoms. The zero-order valence-electron chi connectivity index (χ0n) is 10.5. The topological polar surface area (TPSA) is 63.6 Å². The van der Waals surface area contributed by atoms with Gasteiger partial charge in [0.25, 0.3) is 0 Å². The molecule has 18 heavy (non-hydrogen) atoms. The van der Waals surface area contributed by atoms with Gasteiger partial charge in [-0.15, -0.1) is 0 Å². The molecule has 1 aliphatic heterocycles. The highest BCUT2D eigenvalue weighted by Crippen LogP contribution is 2.28. The minimum Gasteiger partial charge on any atom is -0.768 e. The first-order chi connectivity index (χ1) is 8.51. The predicted molar refractivity (Wildman–Crippen MR) is 68.6 cm³/mol. The summed E-state index contributed by atoms with van der Waals surface area (Å²) in [5.74, 6) is 0. The third-order valence-electron chi connectivity index (χ3n) is 3.57. The molecular weight excluding hydrogens is 250 g/mol. The molecule has 1 aromatic rings. The number of nitrogens with zero attached hydrogens (tertiary/aromatic N) is 1. The Kier molecular flexibility index (Phi) is 4.17. The maximum absolute atomic E-state index is 10.8. The minimum absolute atomic E-state index is 0.244. The van der Waals surface area contributed by atoms with Crippen LogP contribution < -0.4 is 0 Å². The van der Waals surface area contributed by atoms with Crippen molar-refractivity contribution in [1.82, 2.24) is 4.90 Å². The summed E-state index contributed by atoms with van der Waals surface area (Å²) in [6.07, 6.45) is 3.40. The number of benzene rings is 1. The van der Waals surface area contributed by atoms with Crippen LogP contribution in [0.2, 0.25) is 0 Å². The molecule has 1 N–H and O–H groups in total. The van der Waals surface area contributed by atoms with Crippen molar-refractivity contribution in [2.24, 2.45) is 0 Å². The average molecular weight is 268 g/mol. The molecule has 2 unspecified atom stereocenters. The van der Waals surface area contributed by atoms with Crippen molar-refractivity contribution in [2.45, 2.75) is 36.8 Å². The Balaban J connectivity index is 2.20. The second-order valence-corrected chi connectivity index (χ2v) is 5.77. The van der Waals surface area contributed by atoms with Gasteiger partial charge < -0.3 is 9.66 Å². The molecule has 0 saturated carbocycles. The zero-order chi connectivity index (χ0) is 13.2. The highest BCUT2D eigenvalue weighted by atomic mass is 32.2. The molecule has 0 aliphatic carbocycles. The van der Waals surface area contributed by atoms with Crippen molar-refractivity contribution in [2.75, 3.05) is 13.1 Å². The van der Waals surface area contributed by atoms with Gasteiger partial charge in [0, 0.05) is 18.0 Å². The van der Waals surface area contributed by atoms with Crippen LogP contribution in [0.1, 0.15) is 31.7 Å². The van der Waals surface area contributed by atoms with Gasteiger partial charge in [-0.05, 0) is 48.5 Å². The molecule has 5 heteroatoms. The maximum Gasteiger partial charge on any atom is 0.141 e. The van der Waals surface area contributed by atoms with E-state index in [4.69, 9.17) is 0 Å². The molecule has 1 aromatic carbocycles. The van der Waals surface area contributed by atoms with Gasteiger partial charge in [0.1, 0.15) is 5.72 Å². The van der Waals surface area contributed by atoms with Crippen LogP contribution in [0.25, 0.3) is 0 Å². The molecule has 0 spiro atoms. The summed E-state index contributed by atoms with van der Waals surface area (Å²) in [7, 11) is 0. The number of hydrogen-bond donors (Lipinski definition) is 1. The van der Waals surface area contributed by atoms with Crippen LogP contribution in [0.5, 0.6) is 0 Å². The Morgan fingerprint density at radius 3 is 2.28 bits per heavy atom. The van der Waals surface area contributed by atoms with Gasteiger partial charge in [0.15, 0.2) is 0 Å². The lowest BCUT2D eigenvalue weighted by Gasteiger charge is -2.39. The molecule has 1 heterocycles. The Morgan fingerprint density at radius 2 is 1.78 bits per heavy atom. The Bertz CT molecular complexity index is 424. The fourth-order valence-electron chi connectivity index (χ4n) is 2.39. The van der Waals surface area contributed by atoms with E-state index in [1.165, 1.54) is 18.6 Å². The summed E-state index contributed by atoms with van der Waals surface area (Å²) in [4.78, 5) is 2.29. The van der Waals surface area contributed by atoms with Crippen LogP contribution in [0.4, 0.5) is 0 Å². The molecule has 2 rings (SSSR count). The lowest BCUT2D eigenvalue weighted by atomic mass is 10.00. The lowest BCUT2D eigenvalue weighted by molar-refractivity contribution is -0.108. The number of rotatable bonds is 3. The molecule has 0 amide bonds. The van der Waals surface area contributed by atoms with Crippen molar-refractivity contribution >= 4 is 11.1 Å². The molecule has 4 nitrogen and oxygen atoms in total. The first-order valence-corrected chi connectivity index (χ1v) is 7.26. The van der Waals surface area contributed by atoms with E-state index in [0.717, 1.165) is 31.5 Å². The first-order valence-electron chi connectivity index (χ1n) is 6.19. The second kappa shape index (κ2) is 5.48. The van der Waals surface area contributed by atoms with Crippen LogP contribution in [-0.2, 0) is 16.8 Å². The van der Waals surface area contributed by atoms with Crippen molar-refractivity contribution in [3.63, 3.8) is 0 Å². The number of hydrogen-bond acceptors (Lipinski definition) is 4. The van der Waals surface area contributed by atoms with Crippen LogP contribution in [0, 0.1) is 0 Å². The van der Waals surface area contributed by atoms with E-state index < -0.39 is 16.8 Å². The van der Waals surface area contributed by atoms with E-state index in [2.05, 4.69) is 0 Å². The summed E-state index contributed by atoms with van der Waals surface area (Å²) >= 11 is -2.21. The van der Waals surface area contributed by atoms with E-state index in [9.17, 15) is 13.9 Å². The molecular formula is C13H18NO3S-. The number of piperidine rings is 1. The zero-order valence-corrected chi connectivity index (χ0v) is 11.3. The van der Waals surface area contributed by atoms with Crippen LogP contribution in [-0.4, -0.2) is 31.9 Å². The van der Waals surface area contributed by atoms with Gasteiger partial charge in [0.05, 0.1) is 0 Å². The quantitative estimate of drug-likeness (QED) is 0.845. The van der Waals surface area contributed by atoms with Gasteiger partial charge in [-0.1, -0.05) is 18.6 Å². The second-order valence-electron chi connectivity index (χ2n) is 4.83. The lowest BCUT2D eigenvalue weighted by Crippen LogP contribution is -2.46. The fourth-order valence-corrected chi connectivity index (χ4v) is 2.75. The summed E-state index contributed by atoms with van der Waals surface area (Å²) < 4.78 is 21.6. The van der Waals surface area contributed by atoms with Crippen molar-refractivity contribution in [1.29, 1.82) is 0 Å². The molecule has 0 radical (unpaired) electrons. The van der Waals surface area contributed by atoms with E-state index in [1.807, 2.05) is 4.90 Å². The summed E-state index contributed by atoms with van der Waals surface area (Å²) in [5, 5.41) is 10.6. The maximum atomic E-state index is 10.8. The van der Waals surface area contributed by atoms with Crippen molar-refractivity contribution in [3.8, 4) is 0 Å². The highest BCUT2D eigenvalue weighted by Gasteiger charge is 2.31. The smallest absolute Gasteiger partial charge is 0.141 e. The Labute approximate surface area is 110 Å². The molecule has 1 aliphatic rings. The number of likely N-dealkylation sites (tertiary alicyclic amines) is 1. The van der Waals surface area contributed by atoms with Crippen molar-refractivity contribution < 1.29 is 13.9 Å². The third-order valence-corrected chi connectivity index (χ3v) is 4.22. The van der Waals surface area contributed by atoms with E-state index in [-0.39, 0.29) is 4.90 Å². The summed E-state index contributed by atoms with van der Waals surface area (Å²) in [6, 6.07) is 6.41. The molecule has 0 aromatic heterocycles. The van der Waals surface area contributed by atoms with Crippen LogP contribution >= 0.6 is 0 Å². The normalized spacial score (nSPS) is 22.4. The van der Waals surface area contributed by atoms with Crippen molar-refractivity contribution in [3.05, 3.63) is 29.8 Å². The van der Waals surface area contributed by atoms with E-state index >= 15 is 0 Å². The first kappa shape index (κ1) is 13.7. The van der Waals surface area contributed by atoms with Crippen LogP contribution in [0.3, 0.4) is 0 Å². The van der Waals surface area contributed by atoms with Crippen LogP contribution in [0.15, 0.2) is 29.2 Å². The van der Waals surface area contributed by atoms with Gasteiger partial charge >= 0.3 is 0 Å². The third kappa shape index (κ3) is 2.80. The number of aliphatic hydroxyl groups is 1. The summed E-state index contributed by atoms with van der Waals surface area (Å²) in [5.41, 5.74) is -0.290. The summed E-state index contributed by atoms with van der Waals surface area (Å²) in [6.45, 7) is 3.52. The molecule has 2 atom stereocenters. The predicted octanol–water partition coefficient (Wildman–Crippen LogP) is 1.58. The van der Waals surface area contributed by atoms with Gasteiger partial charge in [-0.25, -0.2) is 0 Å². The molecule has 1 saturated heterocycles. The molecule has 100 valence electrons.